The Morgan fingerprint density at radius 1 is 0.658 bits per heavy atom. The zero-order chi connectivity index (χ0) is 26.7. The van der Waals surface area contributed by atoms with Gasteiger partial charge in [0.15, 0.2) is 0 Å². The van der Waals surface area contributed by atoms with Crippen LogP contribution in [0.3, 0.4) is 0 Å². The first kappa shape index (κ1) is 27.4. The second kappa shape index (κ2) is 13.8. The maximum atomic E-state index is 13.7. The molecule has 0 aliphatic carbocycles. The van der Waals surface area contributed by atoms with Crippen LogP contribution in [0.15, 0.2) is 109 Å². The van der Waals surface area contributed by atoms with Gasteiger partial charge in [-0.1, -0.05) is 108 Å². The molecule has 0 aliphatic rings. The van der Waals surface area contributed by atoms with Crippen LogP contribution in [-0.2, 0) is 35.5 Å². The molecule has 194 valence electrons. The van der Waals surface area contributed by atoms with Crippen LogP contribution in [-0.4, -0.2) is 22.8 Å². The summed E-state index contributed by atoms with van der Waals surface area (Å²) in [5.41, 5.74) is 3.90. The molecule has 38 heavy (non-hydrogen) atoms. The summed E-state index contributed by atoms with van der Waals surface area (Å²) >= 11 is 12.1. The summed E-state index contributed by atoms with van der Waals surface area (Å²) in [5.74, 6) is -0.280. The van der Waals surface area contributed by atoms with Gasteiger partial charge in [-0.3, -0.25) is 9.59 Å². The summed E-state index contributed by atoms with van der Waals surface area (Å²) in [6, 6.07) is 33.8. The van der Waals surface area contributed by atoms with Gasteiger partial charge in [-0.15, -0.1) is 0 Å². The maximum absolute atomic E-state index is 13.7. The van der Waals surface area contributed by atoms with E-state index in [1.54, 1.807) is 29.2 Å². The SMILES string of the molecule is O=C(NCc1ccc(Cl)cc1)[C@@H](Cc1ccccc1)N(Cc1ccc(Cl)cc1)C(=O)CCc1ccccc1. The van der Waals surface area contributed by atoms with Gasteiger partial charge in [0.05, 0.1) is 0 Å². The molecule has 0 aromatic heterocycles. The molecule has 0 spiro atoms. The number of rotatable bonds is 11. The monoisotopic (exact) mass is 544 g/mol. The molecular formula is C32H30Cl2N2O2. The van der Waals surface area contributed by atoms with E-state index in [9.17, 15) is 9.59 Å². The Labute approximate surface area is 234 Å². The number of hydrogen-bond donors (Lipinski definition) is 1. The maximum Gasteiger partial charge on any atom is 0.243 e. The number of hydrogen-bond acceptors (Lipinski definition) is 2. The van der Waals surface area contributed by atoms with Gasteiger partial charge >= 0.3 is 0 Å². The number of benzene rings is 4. The molecule has 2 amide bonds. The highest BCUT2D eigenvalue weighted by molar-refractivity contribution is 6.30. The van der Waals surface area contributed by atoms with Crippen LogP contribution in [0.4, 0.5) is 0 Å². The molecule has 0 unspecified atom stereocenters. The lowest BCUT2D eigenvalue weighted by Gasteiger charge is -2.32. The molecule has 0 bridgehead atoms. The Balaban J connectivity index is 1.60. The van der Waals surface area contributed by atoms with Gasteiger partial charge in [0.1, 0.15) is 6.04 Å². The minimum Gasteiger partial charge on any atom is -0.350 e. The molecule has 6 heteroatoms. The summed E-state index contributed by atoms with van der Waals surface area (Å²) in [5, 5.41) is 4.31. The van der Waals surface area contributed by atoms with Crippen molar-refractivity contribution < 1.29 is 9.59 Å². The highest BCUT2D eigenvalue weighted by atomic mass is 35.5. The highest BCUT2D eigenvalue weighted by Gasteiger charge is 2.30. The molecule has 0 radical (unpaired) electrons. The molecule has 4 aromatic rings. The van der Waals surface area contributed by atoms with Gasteiger partial charge in [-0.25, -0.2) is 0 Å². The largest absolute Gasteiger partial charge is 0.350 e. The first-order valence-electron chi connectivity index (χ1n) is 12.6. The fourth-order valence-electron chi connectivity index (χ4n) is 4.29. The van der Waals surface area contributed by atoms with Gasteiger partial charge in [-0.05, 0) is 52.9 Å². The Morgan fingerprint density at radius 3 is 1.76 bits per heavy atom. The van der Waals surface area contributed by atoms with Crippen molar-refractivity contribution in [2.24, 2.45) is 0 Å². The lowest BCUT2D eigenvalue weighted by molar-refractivity contribution is -0.141. The number of carbonyl (C=O) groups is 2. The molecule has 0 saturated heterocycles. The number of nitrogens with zero attached hydrogens (tertiary/aromatic N) is 1. The van der Waals surface area contributed by atoms with Crippen molar-refractivity contribution in [1.29, 1.82) is 0 Å². The molecule has 0 fully saturated rings. The summed E-state index contributed by atoms with van der Waals surface area (Å²) in [4.78, 5) is 29.1. The van der Waals surface area contributed by atoms with Crippen molar-refractivity contribution in [3.63, 3.8) is 0 Å². The summed E-state index contributed by atoms with van der Waals surface area (Å²) < 4.78 is 0. The Kier molecular flexibility index (Phi) is 9.97. The van der Waals surface area contributed by atoms with Crippen molar-refractivity contribution in [2.75, 3.05) is 0 Å². The van der Waals surface area contributed by atoms with Crippen molar-refractivity contribution >= 4 is 35.0 Å². The number of aryl methyl sites for hydroxylation is 1. The lowest BCUT2D eigenvalue weighted by atomic mass is 10.0. The van der Waals surface area contributed by atoms with Gasteiger partial charge in [0.25, 0.3) is 0 Å². The number of nitrogens with one attached hydrogen (secondary N) is 1. The summed E-state index contributed by atoms with van der Waals surface area (Å²) in [7, 11) is 0. The van der Waals surface area contributed by atoms with E-state index in [2.05, 4.69) is 5.32 Å². The van der Waals surface area contributed by atoms with Crippen LogP contribution >= 0.6 is 23.2 Å². The fraction of sp³-hybridized carbons (Fsp3) is 0.188. The fourth-order valence-corrected chi connectivity index (χ4v) is 4.54. The average Bonchev–Trinajstić information content (AvgIpc) is 2.95. The van der Waals surface area contributed by atoms with E-state index in [1.807, 2.05) is 84.9 Å². The second-order valence-corrected chi connectivity index (χ2v) is 10.1. The molecule has 1 atom stereocenters. The Bertz CT molecular complexity index is 1310. The van der Waals surface area contributed by atoms with E-state index in [-0.39, 0.29) is 11.8 Å². The van der Waals surface area contributed by atoms with Crippen LogP contribution in [0.25, 0.3) is 0 Å². The quantitative estimate of drug-likeness (QED) is 0.223. The normalized spacial score (nSPS) is 11.5. The first-order chi connectivity index (χ1) is 18.5. The minimum atomic E-state index is -0.691. The minimum absolute atomic E-state index is 0.0774. The number of halogens is 2. The summed E-state index contributed by atoms with van der Waals surface area (Å²) in [6.07, 6.45) is 1.30. The van der Waals surface area contributed by atoms with Gasteiger partial charge < -0.3 is 10.2 Å². The standard InChI is InChI=1S/C32H30Cl2N2O2/c33-28-16-11-26(12-17-28)22-35-32(38)30(21-25-9-5-2-6-10-25)36(23-27-13-18-29(34)19-14-27)31(37)20-15-24-7-3-1-4-8-24/h1-14,16-19,30H,15,20-23H2,(H,35,38)/t30-/m1/s1. The number of amides is 2. The molecule has 4 rings (SSSR count). The molecule has 1 N–H and O–H groups in total. The Morgan fingerprint density at radius 2 is 1.18 bits per heavy atom. The highest BCUT2D eigenvalue weighted by Crippen LogP contribution is 2.19. The molecule has 4 aromatic carbocycles. The third-order valence-electron chi connectivity index (χ3n) is 6.39. The zero-order valence-corrected chi connectivity index (χ0v) is 22.5. The second-order valence-electron chi connectivity index (χ2n) is 9.18. The van der Waals surface area contributed by atoms with Crippen LogP contribution in [0.5, 0.6) is 0 Å². The van der Waals surface area contributed by atoms with E-state index in [0.717, 1.165) is 22.3 Å². The topological polar surface area (TPSA) is 49.4 Å². The van der Waals surface area contributed by atoms with Crippen molar-refractivity contribution in [2.45, 2.75) is 38.4 Å². The van der Waals surface area contributed by atoms with Gasteiger partial charge in [0.2, 0.25) is 11.8 Å². The lowest BCUT2D eigenvalue weighted by Crippen LogP contribution is -2.50. The average molecular weight is 546 g/mol. The van der Waals surface area contributed by atoms with E-state index >= 15 is 0 Å². The molecular weight excluding hydrogens is 515 g/mol. The van der Waals surface area contributed by atoms with E-state index in [0.29, 0.717) is 42.4 Å². The van der Waals surface area contributed by atoms with Crippen LogP contribution < -0.4 is 5.32 Å². The molecule has 0 heterocycles. The molecule has 4 nitrogen and oxygen atoms in total. The predicted molar refractivity (Wildman–Crippen MR) is 154 cm³/mol. The van der Waals surface area contributed by atoms with Gasteiger partial charge in [0, 0.05) is 36.0 Å². The third kappa shape index (κ3) is 8.20. The molecule has 0 aliphatic heterocycles. The van der Waals surface area contributed by atoms with Crippen molar-refractivity contribution in [3.8, 4) is 0 Å². The van der Waals surface area contributed by atoms with Crippen LogP contribution in [0, 0.1) is 0 Å². The van der Waals surface area contributed by atoms with E-state index < -0.39 is 6.04 Å². The van der Waals surface area contributed by atoms with Crippen LogP contribution in [0.1, 0.15) is 28.7 Å². The zero-order valence-electron chi connectivity index (χ0n) is 21.0. The molecule has 0 saturated carbocycles. The Hall–Kier alpha value is -3.60. The van der Waals surface area contributed by atoms with Crippen LogP contribution in [0.2, 0.25) is 10.0 Å². The van der Waals surface area contributed by atoms with Gasteiger partial charge in [-0.2, -0.15) is 0 Å². The first-order valence-corrected chi connectivity index (χ1v) is 13.4. The number of carbonyl (C=O) groups excluding carboxylic acids is 2. The predicted octanol–water partition coefficient (Wildman–Crippen LogP) is 6.88. The summed E-state index contributed by atoms with van der Waals surface area (Å²) in [6.45, 7) is 0.644. The third-order valence-corrected chi connectivity index (χ3v) is 6.89. The van der Waals surface area contributed by atoms with E-state index in [1.165, 1.54) is 0 Å². The smallest absolute Gasteiger partial charge is 0.243 e. The van der Waals surface area contributed by atoms with Crippen molar-refractivity contribution in [3.05, 3.63) is 141 Å². The van der Waals surface area contributed by atoms with E-state index in [4.69, 9.17) is 23.2 Å². The van der Waals surface area contributed by atoms with Crippen molar-refractivity contribution in [1.82, 2.24) is 10.2 Å².